The third kappa shape index (κ3) is 4.99. The van der Waals surface area contributed by atoms with Gasteiger partial charge in [-0.25, -0.2) is 27.2 Å². The molecule has 230 valence electrons. The Balaban J connectivity index is 1.48. The monoisotopic (exact) mass is 609 g/mol. The molecule has 2 atom stereocenters. The molecule has 5 aliphatic heterocycles. The second-order valence-corrected chi connectivity index (χ2v) is 11.7. The number of carboxylic acid groups (broad SMARTS) is 1. The van der Waals surface area contributed by atoms with E-state index in [4.69, 9.17) is 0 Å². The van der Waals surface area contributed by atoms with Crippen molar-refractivity contribution in [2.75, 3.05) is 6.54 Å². The molecule has 5 aliphatic rings. The van der Waals surface area contributed by atoms with Crippen molar-refractivity contribution < 1.29 is 32.3 Å². The summed E-state index contributed by atoms with van der Waals surface area (Å²) in [5, 5.41) is 18.7. The first-order chi connectivity index (χ1) is 21.1. The molecule has 7 heterocycles. The molecule has 0 saturated carbocycles. The molecule has 9 rings (SSSR count). The van der Waals surface area contributed by atoms with Gasteiger partial charge in [0, 0.05) is 37.3 Å². The highest BCUT2D eigenvalue weighted by Gasteiger charge is 2.34. The molecule has 0 unspecified atom stereocenters. The second-order valence-electron chi connectivity index (χ2n) is 11.7. The highest BCUT2D eigenvalue weighted by molar-refractivity contribution is 5.95. The van der Waals surface area contributed by atoms with Gasteiger partial charge in [0.05, 0.1) is 5.92 Å². The minimum Gasteiger partial charge on any atom is -0.481 e. The molecule has 4 aromatic rings. The summed E-state index contributed by atoms with van der Waals surface area (Å²) in [4.78, 5) is 31.5. The number of hydrogen-bond acceptors (Lipinski definition) is 5. The van der Waals surface area contributed by atoms with E-state index in [9.17, 15) is 14.7 Å². The molecule has 12 heteroatoms. The van der Waals surface area contributed by atoms with Crippen LogP contribution in [-0.2, 0) is 30.7 Å². The molecule has 1 N–H and O–H groups in total. The number of nitrogens with zero attached hydrogens (tertiary/aromatic N) is 5. The maximum atomic E-state index is 15.2. The fourth-order valence-corrected chi connectivity index (χ4v) is 6.49. The first-order valence-corrected chi connectivity index (χ1v) is 14.8. The van der Waals surface area contributed by atoms with Crippen LogP contribution in [0.4, 0.5) is 17.6 Å². The Morgan fingerprint density at radius 3 is 2.43 bits per heavy atom. The lowest BCUT2D eigenvalue weighted by Crippen LogP contribution is -2.37. The molecule has 0 spiro atoms. The summed E-state index contributed by atoms with van der Waals surface area (Å²) in [5.41, 5.74) is 2.76. The van der Waals surface area contributed by atoms with Gasteiger partial charge in [0.25, 0.3) is 5.91 Å². The highest BCUT2D eigenvalue weighted by atomic mass is 19.2. The first kappa shape index (κ1) is 29.7. The summed E-state index contributed by atoms with van der Waals surface area (Å²) in [6, 6.07) is 5.46. The molecule has 0 saturated heterocycles. The largest absolute Gasteiger partial charge is 0.481 e. The molecule has 44 heavy (non-hydrogen) atoms. The minimum absolute atomic E-state index is 0.0787. The lowest BCUT2D eigenvalue weighted by atomic mass is 9.79. The van der Waals surface area contributed by atoms with Crippen LogP contribution in [0.3, 0.4) is 0 Å². The Hall–Kier alpha value is -4.35. The smallest absolute Gasteiger partial charge is 0.307 e. The van der Waals surface area contributed by atoms with Crippen molar-refractivity contribution in [1.82, 2.24) is 24.9 Å². The number of pyridine rings is 1. The maximum Gasteiger partial charge on any atom is 0.307 e. The van der Waals surface area contributed by atoms with Crippen LogP contribution in [0.25, 0.3) is 11.2 Å². The average Bonchev–Trinajstić information content (AvgIpc) is 3.43. The van der Waals surface area contributed by atoms with E-state index in [0.717, 1.165) is 16.0 Å². The molecule has 2 aromatic carbocycles. The Kier molecular flexibility index (Phi) is 7.85. The van der Waals surface area contributed by atoms with Crippen LogP contribution >= 0.6 is 0 Å². The summed E-state index contributed by atoms with van der Waals surface area (Å²) < 4.78 is 62.1. The van der Waals surface area contributed by atoms with Crippen LogP contribution in [0.1, 0.15) is 82.3 Å². The molecule has 0 aliphatic carbocycles. The van der Waals surface area contributed by atoms with Gasteiger partial charge in [-0.3, -0.25) is 9.59 Å². The zero-order valence-electron chi connectivity index (χ0n) is 24.3. The molecular formula is C32H31F4N5O3. The van der Waals surface area contributed by atoms with Gasteiger partial charge in [0.1, 0.15) is 11.1 Å². The van der Waals surface area contributed by atoms with E-state index < -0.39 is 58.1 Å². The zero-order chi connectivity index (χ0) is 31.3. The Morgan fingerprint density at radius 1 is 0.977 bits per heavy atom. The number of aromatic nitrogens is 4. The van der Waals surface area contributed by atoms with E-state index >= 15 is 17.6 Å². The first-order valence-electron chi connectivity index (χ1n) is 14.8. The van der Waals surface area contributed by atoms with Crippen molar-refractivity contribution in [2.45, 2.75) is 71.4 Å². The van der Waals surface area contributed by atoms with E-state index in [0.29, 0.717) is 60.1 Å². The minimum atomic E-state index is -1.69. The predicted octanol–water partition coefficient (Wildman–Crippen LogP) is 5.86. The lowest BCUT2D eigenvalue weighted by molar-refractivity contribution is -0.141. The van der Waals surface area contributed by atoms with Gasteiger partial charge in [-0.15, -0.1) is 5.10 Å². The van der Waals surface area contributed by atoms with Gasteiger partial charge in [-0.1, -0.05) is 43.2 Å². The third-order valence-corrected chi connectivity index (χ3v) is 9.05. The number of benzene rings is 2. The number of halogens is 4. The fraction of sp³-hybridized carbons (Fsp3) is 0.406. The summed E-state index contributed by atoms with van der Waals surface area (Å²) in [7, 11) is 0. The molecule has 0 radical (unpaired) electrons. The van der Waals surface area contributed by atoms with E-state index in [1.807, 2.05) is 19.1 Å². The van der Waals surface area contributed by atoms with Gasteiger partial charge >= 0.3 is 5.97 Å². The summed E-state index contributed by atoms with van der Waals surface area (Å²) >= 11 is 0. The van der Waals surface area contributed by atoms with Crippen LogP contribution in [0.2, 0.25) is 0 Å². The van der Waals surface area contributed by atoms with Crippen molar-refractivity contribution in [1.29, 1.82) is 0 Å². The molecule has 9 bridgehead atoms. The van der Waals surface area contributed by atoms with Crippen molar-refractivity contribution in [3.8, 4) is 0 Å². The summed E-state index contributed by atoms with van der Waals surface area (Å²) in [5.74, 6) is -10.2. The van der Waals surface area contributed by atoms with Crippen molar-refractivity contribution >= 4 is 23.0 Å². The lowest BCUT2D eigenvalue weighted by Gasteiger charge is -2.31. The van der Waals surface area contributed by atoms with Crippen LogP contribution in [-0.4, -0.2) is 48.4 Å². The van der Waals surface area contributed by atoms with Gasteiger partial charge in [0.15, 0.2) is 28.9 Å². The Bertz CT molecular complexity index is 1780. The summed E-state index contributed by atoms with van der Waals surface area (Å²) in [6.45, 7) is 3.94. The van der Waals surface area contributed by atoms with Crippen LogP contribution in [0.5, 0.6) is 0 Å². The van der Waals surface area contributed by atoms with Gasteiger partial charge < -0.3 is 10.0 Å². The number of carbonyl (C=O) groups excluding carboxylic acids is 1. The summed E-state index contributed by atoms with van der Waals surface area (Å²) in [6.07, 6.45) is 3.90. The quantitative estimate of drug-likeness (QED) is 0.226. The SMILES string of the molecule is Cc1c2cnc3c1nnn3CCCCCCc1c(F)c(F)c(c(F)c1F)C(=O)N1CCc3ccc(cc3C1)[C@@H]2[C@H](C)C(=O)O. The Labute approximate surface area is 250 Å². The molecular weight excluding hydrogens is 578 g/mol. The zero-order valence-corrected chi connectivity index (χ0v) is 24.3. The maximum absolute atomic E-state index is 15.2. The second kappa shape index (κ2) is 11.6. The molecule has 0 fully saturated rings. The number of rotatable bonds is 2. The van der Waals surface area contributed by atoms with Crippen LogP contribution in [0.15, 0.2) is 24.4 Å². The van der Waals surface area contributed by atoms with Gasteiger partial charge in [-0.05, 0) is 60.4 Å². The topological polar surface area (TPSA) is 101 Å². The number of hydrogen-bond donors (Lipinski definition) is 1. The van der Waals surface area contributed by atoms with Gasteiger partial charge in [-0.2, -0.15) is 0 Å². The van der Waals surface area contributed by atoms with E-state index in [1.54, 1.807) is 23.9 Å². The number of carboxylic acids is 1. The molecule has 8 nitrogen and oxygen atoms in total. The molecule has 2 aromatic heterocycles. The predicted molar refractivity (Wildman–Crippen MR) is 152 cm³/mol. The number of amides is 1. The standard InChI is InChI=1S/C32H31F4N5O3/c1-16-22-14-37-30-29(16)38-39-41(30)11-6-4-3-5-7-21-25(33)27(35)24(28(36)26(21)34)31(42)40-12-10-18-8-9-19(13-20(18)15-40)23(22)17(2)32(43)44/h8-9,13-14,17,23H,3-7,10-12,15H2,1-2H3,(H,43,44)/t17-,23-/m0/s1. The normalized spacial score (nSPS) is 18.2. The van der Waals surface area contributed by atoms with Crippen molar-refractivity contribution in [3.05, 3.63) is 86.6 Å². The highest BCUT2D eigenvalue weighted by Crippen LogP contribution is 2.38. The van der Waals surface area contributed by atoms with E-state index in [-0.39, 0.29) is 25.9 Å². The number of aryl methyl sites for hydroxylation is 2. The van der Waals surface area contributed by atoms with Crippen molar-refractivity contribution in [3.63, 3.8) is 0 Å². The number of carbonyl (C=O) groups is 2. The fourth-order valence-electron chi connectivity index (χ4n) is 6.49. The van der Waals surface area contributed by atoms with E-state index in [2.05, 4.69) is 15.3 Å². The van der Waals surface area contributed by atoms with Gasteiger partial charge in [0.2, 0.25) is 0 Å². The van der Waals surface area contributed by atoms with Crippen LogP contribution in [0, 0.1) is 36.1 Å². The van der Waals surface area contributed by atoms with E-state index in [1.165, 1.54) is 0 Å². The number of aliphatic carboxylic acids is 1. The third-order valence-electron chi connectivity index (χ3n) is 9.05. The average molecular weight is 610 g/mol. The Morgan fingerprint density at radius 2 is 1.70 bits per heavy atom. The molecule has 1 amide bonds. The van der Waals surface area contributed by atoms with Crippen molar-refractivity contribution in [2.24, 2.45) is 5.92 Å². The van der Waals surface area contributed by atoms with Crippen LogP contribution < -0.4 is 0 Å².